The second-order valence-electron chi connectivity index (χ2n) is 9.18. The summed E-state index contributed by atoms with van der Waals surface area (Å²) in [5.74, 6) is -0.250. The molecule has 0 saturated carbocycles. The van der Waals surface area contributed by atoms with Crippen LogP contribution in [0.2, 0.25) is 5.02 Å². The van der Waals surface area contributed by atoms with Gasteiger partial charge in [0.05, 0.1) is 23.9 Å². The van der Waals surface area contributed by atoms with E-state index in [2.05, 4.69) is 10.2 Å². The Morgan fingerprint density at radius 1 is 1.03 bits per heavy atom. The van der Waals surface area contributed by atoms with Crippen LogP contribution in [0.1, 0.15) is 28.8 Å². The van der Waals surface area contributed by atoms with Crippen LogP contribution in [0.4, 0.5) is 24.5 Å². The van der Waals surface area contributed by atoms with Crippen LogP contribution in [-0.4, -0.2) is 78.9 Å². The quantitative estimate of drug-likeness (QED) is 0.584. The van der Waals surface area contributed by atoms with E-state index in [4.69, 9.17) is 11.6 Å². The van der Waals surface area contributed by atoms with Gasteiger partial charge >= 0.3 is 6.18 Å². The third-order valence-electron chi connectivity index (χ3n) is 6.50. The molecule has 2 aliphatic rings. The number of aliphatic hydroxyl groups is 1. The highest BCUT2D eigenvalue weighted by molar-refractivity contribution is 6.31. The summed E-state index contributed by atoms with van der Waals surface area (Å²) < 4.78 is 37.6. The number of nitrogens with zero attached hydrogens (tertiary/aromatic N) is 3. The number of halogens is 4. The summed E-state index contributed by atoms with van der Waals surface area (Å²) in [6, 6.07) is 12.6. The van der Waals surface area contributed by atoms with Crippen molar-refractivity contribution in [2.45, 2.75) is 31.7 Å². The first-order valence-corrected chi connectivity index (χ1v) is 12.2. The van der Waals surface area contributed by atoms with Crippen LogP contribution in [0.15, 0.2) is 42.5 Å². The number of likely N-dealkylation sites (tertiary alicyclic amines) is 1. The minimum Gasteiger partial charge on any atom is -0.392 e. The van der Waals surface area contributed by atoms with Gasteiger partial charge in [-0.1, -0.05) is 23.7 Å². The van der Waals surface area contributed by atoms with Crippen molar-refractivity contribution in [2.75, 3.05) is 56.0 Å². The zero-order valence-corrected chi connectivity index (χ0v) is 20.2. The molecule has 35 heavy (non-hydrogen) atoms. The number of rotatable bonds is 7. The van der Waals surface area contributed by atoms with Crippen LogP contribution in [0.25, 0.3) is 0 Å². The van der Waals surface area contributed by atoms with Gasteiger partial charge < -0.3 is 15.3 Å². The summed E-state index contributed by atoms with van der Waals surface area (Å²) in [6.45, 7) is 4.34. The summed E-state index contributed by atoms with van der Waals surface area (Å²) in [7, 11) is 0. The average molecular weight is 511 g/mol. The molecule has 1 amide bonds. The number of nitrogens with one attached hydrogen (secondary N) is 1. The topological polar surface area (TPSA) is 59.1 Å². The van der Waals surface area contributed by atoms with Gasteiger partial charge in [0.15, 0.2) is 0 Å². The highest BCUT2D eigenvalue weighted by Gasteiger charge is 2.29. The van der Waals surface area contributed by atoms with E-state index in [0.717, 1.165) is 30.8 Å². The van der Waals surface area contributed by atoms with E-state index >= 15 is 0 Å². The number of β-amino-alcohol motifs (C(OH)–C–C–N with tert-alkyl or cyclic N) is 1. The fourth-order valence-electron chi connectivity index (χ4n) is 4.54. The number of hydrogen-bond acceptors (Lipinski definition) is 5. The summed E-state index contributed by atoms with van der Waals surface area (Å²) in [5, 5.41) is 13.2. The van der Waals surface area contributed by atoms with Crippen LogP contribution >= 0.6 is 11.6 Å². The molecule has 2 N–H and O–H groups in total. The Morgan fingerprint density at radius 2 is 1.74 bits per heavy atom. The molecule has 0 spiro atoms. The molecule has 0 bridgehead atoms. The van der Waals surface area contributed by atoms with Crippen molar-refractivity contribution in [2.24, 2.45) is 0 Å². The second-order valence-corrected chi connectivity index (χ2v) is 9.62. The molecule has 2 fully saturated rings. The largest absolute Gasteiger partial charge is 0.392 e. The maximum Gasteiger partial charge on any atom is 0.390 e. The smallest absolute Gasteiger partial charge is 0.390 e. The molecule has 190 valence electrons. The Kier molecular flexibility index (Phi) is 8.21. The molecule has 2 heterocycles. The number of hydrogen-bond donors (Lipinski definition) is 2. The lowest BCUT2D eigenvalue weighted by Gasteiger charge is -2.37. The molecule has 6 nitrogen and oxygen atoms in total. The lowest BCUT2D eigenvalue weighted by molar-refractivity contribution is -0.138. The predicted molar refractivity (Wildman–Crippen MR) is 131 cm³/mol. The molecule has 0 radical (unpaired) electrons. The molecule has 2 aromatic rings. The Labute approximate surface area is 208 Å². The highest BCUT2D eigenvalue weighted by atomic mass is 35.5. The SMILES string of the molecule is O=C(Nc1ccc(Cl)cc1N1CCN(CCC(F)(F)F)CC1)c1ccc(CN2CC[C@H](O)C2)cc1. The minimum absolute atomic E-state index is 0.00911. The van der Waals surface area contributed by atoms with Gasteiger partial charge in [-0.25, -0.2) is 0 Å². The molecule has 0 aromatic heterocycles. The zero-order chi connectivity index (χ0) is 25.0. The maximum absolute atomic E-state index is 12.9. The molecule has 0 unspecified atom stereocenters. The number of amides is 1. The molecule has 4 rings (SSSR count). The summed E-state index contributed by atoms with van der Waals surface area (Å²) in [4.78, 5) is 19.0. The van der Waals surface area contributed by atoms with Gasteiger partial charge in [0.2, 0.25) is 0 Å². The van der Waals surface area contributed by atoms with E-state index < -0.39 is 12.6 Å². The molecule has 1 atom stereocenters. The number of piperazine rings is 1. The fraction of sp³-hybridized carbons (Fsp3) is 0.480. The maximum atomic E-state index is 12.9. The third-order valence-corrected chi connectivity index (χ3v) is 6.74. The van der Waals surface area contributed by atoms with E-state index in [-0.39, 0.29) is 18.6 Å². The van der Waals surface area contributed by atoms with Crippen LogP contribution < -0.4 is 10.2 Å². The molecular weight excluding hydrogens is 481 g/mol. The Hall–Kier alpha value is -2.33. The van der Waals surface area contributed by atoms with Gasteiger partial charge in [-0.05, 0) is 42.3 Å². The Morgan fingerprint density at radius 3 is 2.37 bits per heavy atom. The molecule has 2 saturated heterocycles. The zero-order valence-electron chi connectivity index (χ0n) is 19.4. The van der Waals surface area contributed by atoms with Crippen molar-refractivity contribution in [3.63, 3.8) is 0 Å². The average Bonchev–Trinajstić information content (AvgIpc) is 3.23. The van der Waals surface area contributed by atoms with E-state index in [1.165, 1.54) is 0 Å². The monoisotopic (exact) mass is 510 g/mol. The first-order chi connectivity index (χ1) is 16.7. The van der Waals surface area contributed by atoms with Gasteiger partial charge in [-0.3, -0.25) is 14.6 Å². The van der Waals surface area contributed by atoms with Gasteiger partial charge in [0.1, 0.15) is 0 Å². The first kappa shape index (κ1) is 25.8. The van der Waals surface area contributed by atoms with E-state index in [1.54, 1.807) is 35.2 Å². The number of alkyl halides is 3. The van der Waals surface area contributed by atoms with Crippen molar-refractivity contribution in [1.82, 2.24) is 9.80 Å². The minimum atomic E-state index is -4.16. The molecular formula is C25H30ClF3N4O2. The second kappa shape index (κ2) is 11.2. The molecule has 10 heteroatoms. The number of carbonyl (C=O) groups excluding carboxylic acids is 1. The third kappa shape index (κ3) is 7.33. The highest BCUT2D eigenvalue weighted by Crippen LogP contribution is 2.31. The summed E-state index contributed by atoms with van der Waals surface area (Å²) in [6.07, 6.45) is -4.45. The first-order valence-electron chi connectivity index (χ1n) is 11.8. The Bertz CT molecular complexity index is 1010. The normalized spacial score (nSPS) is 19.8. The lowest BCUT2D eigenvalue weighted by atomic mass is 10.1. The van der Waals surface area contributed by atoms with Gasteiger partial charge in [0.25, 0.3) is 5.91 Å². The van der Waals surface area contributed by atoms with Gasteiger partial charge in [-0.2, -0.15) is 13.2 Å². The van der Waals surface area contributed by atoms with Crippen molar-refractivity contribution in [1.29, 1.82) is 0 Å². The standard InChI is InChI=1S/C25H30ClF3N4O2/c26-20-5-6-22(23(15-20)33-13-11-31(12-14-33)10-8-25(27,28)29)30-24(35)19-3-1-18(2-4-19)16-32-9-7-21(34)17-32/h1-6,15,21,34H,7-14,16-17H2,(H,30,35)/t21-/m0/s1. The number of benzene rings is 2. The number of carbonyl (C=O) groups is 1. The van der Waals surface area contributed by atoms with Gasteiger partial charge in [-0.15, -0.1) is 0 Å². The van der Waals surface area contributed by atoms with Crippen LogP contribution in [0.5, 0.6) is 0 Å². The Balaban J connectivity index is 1.37. The van der Waals surface area contributed by atoms with Crippen LogP contribution in [-0.2, 0) is 6.54 Å². The van der Waals surface area contributed by atoms with E-state index in [1.807, 2.05) is 17.0 Å². The summed E-state index contributed by atoms with van der Waals surface area (Å²) in [5.41, 5.74) is 2.96. The van der Waals surface area contributed by atoms with E-state index in [0.29, 0.717) is 49.0 Å². The van der Waals surface area contributed by atoms with Crippen molar-refractivity contribution in [3.8, 4) is 0 Å². The van der Waals surface area contributed by atoms with Crippen molar-refractivity contribution in [3.05, 3.63) is 58.6 Å². The van der Waals surface area contributed by atoms with Crippen molar-refractivity contribution < 1.29 is 23.1 Å². The predicted octanol–water partition coefficient (Wildman–Crippen LogP) is 4.23. The molecule has 0 aliphatic carbocycles. The number of anilines is 2. The van der Waals surface area contributed by atoms with Crippen molar-refractivity contribution >= 4 is 28.9 Å². The van der Waals surface area contributed by atoms with Crippen LogP contribution in [0.3, 0.4) is 0 Å². The molecule has 2 aromatic carbocycles. The van der Waals surface area contributed by atoms with E-state index in [9.17, 15) is 23.1 Å². The number of aliphatic hydroxyl groups excluding tert-OH is 1. The summed E-state index contributed by atoms with van der Waals surface area (Å²) >= 11 is 6.22. The fourth-order valence-corrected chi connectivity index (χ4v) is 4.71. The van der Waals surface area contributed by atoms with Crippen LogP contribution in [0, 0.1) is 0 Å². The molecule has 2 aliphatic heterocycles. The lowest BCUT2D eigenvalue weighted by Crippen LogP contribution is -2.47. The van der Waals surface area contributed by atoms with Gasteiger partial charge in [0, 0.05) is 62.9 Å².